The summed E-state index contributed by atoms with van der Waals surface area (Å²) in [6.07, 6.45) is 1.52. The van der Waals surface area contributed by atoms with Crippen molar-refractivity contribution in [1.29, 1.82) is 0 Å². The fourth-order valence-electron chi connectivity index (χ4n) is 1.84. The molecule has 0 aliphatic rings. The smallest absolute Gasteiger partial charge is 0.444 e. The summed E-state index contributed by atoms with van der Waals surface area (Å²) in [4.78, 5) is 11.4. The average Bonchev–Trinajstić information content (AvgIpc) is 2.45. The molecule has 0 heterocycles. The molecule has 0 fully saturated rings. The predicted octanol–water partition coefficient (Wildman–Crippen LogP) is 3.76. The lowest BCUT2D eigenvalue weighted by Gasteiger charge is -2.19. The zero-order valence-electron chi connectivity index (χ0n) is 14.7. The van der Waals surface area contributed by atoms with Crippen LogP contribution in [0.4, 0.5) is 18.0 Å². The van der Waals surface area contributed by atoms with Crippen LogP contribution < -0.4 is 9.50 Å². The molecule has 0 aliphatic heterocycles. The van der Waals surface area contributed by atoms with Gasteiger partial charge in [-0.05, 0) is 57.7 Å². The first-order valence-corrected chi connectivity index (χ1v) is 9.27. The van der Waals surface area contributed by atoms with Crippen LogP contribution in [0.1, 0.15) is 39.2 Å². The van der Waals surface area contributed by atoms with E-state index in [1.54, 1.807) is 20.8 Å². The Morgan fingerprint density at radius 2 is 1.65 bits per heavy atom. The lowest BCUT2D eigenvalue weighted by Crippen LogP contribution is -2.33. The van der Waals surface area contributed by atoms with Crippen LogP contribution in [-0.2, 0) is 21.3 Å². The molecule has 0 unspecified atom stereocenters. The van der Waals surface area contributed by atoms with Crippen molar-refractivity contribution in [2.45, 2.75) is 51.1 Å². The molecule has 1 aromatic rings. The van der Waals surface area contributed by atoms with Crippen LogP contribution in [0.3, 0.4) is 0 Å². The molecule has 0 atom stereocenters. The highest BCUT2D eigenvalue weighted by molar-refractivity contribution is 7.88. The van der Waals surface area contributed by atoms with E-state index in [2.05, 4.69) is 9.50 Å². The Labute approximate surface area is 150 Å². The molecule has 1 aromatic carbocycles. The largest absolute Gasteiger partial charge is 0.534 e. The van der Waals surface area contributed by atoms with Gasteiger partial charge in [0.15, 0.2) is 0 Å². The van der Waals surface area contributed by atoms with Gasteiger partial charge in [0.05, 0.1) is 0 Å². The van der Waals surface area contributed by atoms with Crippen LogP contribution in [0.5, 0.6) is 5.75 Å². The van der Waals surface area contributed by atoms with Gasteiger partial charge in [-0.1, -0.05) is 12.1 Å². The van der Waals surface area contributed by atoms with Crippen molar-refractivity contribution in [3.63, 3.8) is 0 Å². The maximum Gasteiger partial charge on any atom is 0.534 e. The van der Waals surface area contributed by atoms with Gasteiger partial charge in [-0.15, -0.1) is 0 Å². The molecule has 1 rings (SSSR count). The Hall–Kier alpha value is -1.97. The van der Waals surface area contributed by atoms with Crippen LogP contribution in [-0.4, -0.2) is 32.2 Å². The third-order valence-electron chi connectivity index (χ3n) is 2.97. The van der Waals surface area contributed by atoms with E-state index in [1.807, 2.05) is 0 Å². The molecule has 26 heavy (non-hydrogen) atoms. The summed E-state index contributed by atoms with van der Waals surface area (Å²) in [7, 11) is -5.66. The molecule has 0 bridgehead atoms. The number of halogens is 3. The van der Waals surface area contributed by atoms with Crippen molar-refractivity contribution < 1.29 is 35.3 Å². The van der Waals surface area contributed by atoms with Crippen LogP contribution in [0.15, 0.2) is 24.3 Å². The number of alkyl halides is 3. The maximum atomic E-state index is 12.2. The summed E-state index contributed by atoms with van der Waals surface area (Å²) < 4.78 is 67.6. The molecule has 1 N–H and O–H groups in total. The lowest BCUT2D eigenvalue weighted by atomic mass is 10.1. The quantitative estimate of drug-likeness (QED) is 0.430. The number of benzene rings is 1. The molecule has 0 saturated carbocycles. The van der Waals surface area contributed by atoms with Gasteiger partial charge < -0.3 is 14.2 Å². The number of hydrogen-bond acceptors (Lipinski definition) is 5. The summed E-state index contributed by atoms with van der Waals surface area (Å²) in [6.45, 7) is 5.72. The normalized spacial score (nSPS) is 12.5. The molecule has 0 aliphatic carbocycles. The number of ether oxygens (including phenoxy) is 1. The second-order valence-corrected chi connectivity index (χ2v) is 8.05. The Bertz CT molecular complexity index is 694. The molecule has 10 heteroatoms. The van der Waals surface area contributed by atoms with E-state index in [0.717, 1.165) is 24.1 Å². The number of rotatable bonds is 7. The number of alkyl carbamates (subject to hydrolysis) is 1. The topological polar surface area (TPSA) is 81.7 Å². The highest BCUT2D eigenvalue weighted by atomic mass is 32.2. The first-order valence-electron chi connectivity index (χ1n) is 7.87. The van der Waals surface area contributed by atoms with E-state index < -0.39 is 33.1 Å². The monoisotopic (exact) mass is 397 g/mol. The minimum absolute atomic E-state index is 0.405. The van der Waals surface area contributed by atoms with E-state index in [1.165, 1.54) is 12.1 Å². The number of hydrogen-bond donors (Lipinski definition) is 1. The Morgan fingerprint density at radius 1 is 1.08 bits per heavy atom. The fourth-order valence-corrected chi connectivity index (χ4v) is 2.30. The van der Waals surface area contributed by atoms with Gasteiger partial charge in [-0.3, -0.25) is 0 Å². The van der Waals surface area contributed by atoms with Gasteiger partial charge in [0.1, 0.15) is 11.4 Å². The zero-order valence-corrected chi connectivity index (χ0v) is 15.5. The van der Waals surface area contributed by atoms with Gasteiger partial charge in [0.25, 0.3) is 0 Å². The Morgan fingerprint density at radius 3 is 2.15 bits per heavy atom. The van der Waals surface area contributed by atoms with Crippen molar-refractivity contribution in [2.24, 2.45) is 0 Å². The van der Waals surface area contributed by atoms with Gasteiger partial charge in [-0.2, -0.15) is 21.6 Å². The molecule has 0 radical (unpaired) electrons. The van der Waals surface area contributed by atoms with Crippen molar-refractivity contribution in [3.05, 3.63) is 29.8 Å². The molecule has 0 aromatic heterocycles. The second-order valence-electron chi connectivity index (χ2n) is 6.51. The predicted molar refractivity (Wildman–Crippen MR) is 89.2 cm³/mol. The lowest BCUT2D eigenvalue weighted by molar-refractivity contribution is -0.0500. The second kappa shape index (κ2) is 8.61. The number of amides is 1. The third kappa shape index (κ3) is 7.94. The van der Waals surface area contributed by atoms with Gasteiger partial charge in [0, 0.05) is 6.54 Å². The average molecular weight is 397 g/mol. The maximum absolute atomic E-state index is 12.2. The summed E-state index contributed by atoms with van der Waals surface area (Å²) in [5, 5.41) is 2.62. The summed E-state index contributed by atoms with van der Waals surface area (Å²) in [5.41, 5.74) is -5.22. The molecular formula is C16H22F3NO5S. The van der Waals surface area contributed by atoms with Crippen molar-refractivity contribution in [3.8, 4) is 5.75 Å². The number of unbranched alkanes of at least 4 members (excludes halogenated alkanes) is 1. The summed E-state index contributed by atoms with van der Waals surface area (Å²) in [6, 6.07) is 5.31. The molecule has 6 nitrogen and oxygen atoms in total. The molecular weight excluding hydrogens is 375 g/mol. The highest BCUT2D eigenvalue weighted by Crippen LogP contribution is 2.27. The molecule has 1 amide bonds. The fraction of sp³-hybridized carbons (Fsp3) is 0.562. The van der Waals surface area contributed by atoms with Crippen LogP contribution in [0.2, 0.25) is 0 Å². The SMILES string of the molecule is CC(C)(C)OC(=O)NCCCCc1ccc(OS(=O)(=O)C(F)(F)F)cc1. The van der Waals surface area contributed by atoms with E-state index in [4.69, 9.17) is 4.74 Å². The Kier molecular flexibility index (Phi) is 7.31. The first-order chi connectivity index (χ1) is 11.8. The van der Waals surface area contributed by atoms with Crippen LogP contribution in [0, 0.1) is 0 Å². The van der Waals surface area contributed by atoms with Gasteiger partial charge >= 0.3 is 21.7 Å². The molecule has 0 spiro atoms. The number of nitrogens with one attached hydrogen (secondary N) is 1. The Balaban J connectivity index is 2.37. The van der Waals surface area contributed by atoms with E-state index in [9.17, 15) is 26.4 Å². The number of aryl methyl sites for hydroxylation is 1. The summed E-state index contributed by atoms with van der Waals surface area (Å²) >= 11 is 0. The van der Waals surface area contributed by atoms with Crippen LogP contribution >= 0.6 is 0 Å². The first kappa shape index (κ1) is 22.1. The van der Waals surface area contributed by atoms with E-state index in [0.29, 0.717) is 19.4 Å². The van der Waals surface area contributed by atoms with Crippen LogP contribution in [0.25, 0.3) is 0 Å². The highest BCUT2D eigenvalue weighted by Gasteiger charge is 2.48. The van der Waals surface area contributed by atoms with Crippen molar-refractivity contribution in [1.82, 2.24) is 5.32 Å². The third-order valence-corrected chi connectivity index (χ3v) is 3.95. The number of carbonyl (C=O) groups excluding carboxylic acids is 1. The summed E-state index contributed by atoms with van der Waals surface area (Å²) in [5.74, 6) is -0.405. The van der Waals surface area contributed by atoms with Gasteiger partial charge in [0.2, 0.25) is 0 Å². The van der Waals surface area contributed by atoms with Crippen molar-refractivity contribution >= 4 is 16.2 Å². The minimum Gasteiger partial charge on any atom is -0.444 e. The van der Waals surface area contributed by atoms with E-state index in [-0.39, 0.29) is 0 Å². The number of carbonyl (C=O) groups is 1. The minimum atomic E-state index is -5.66. The van der Waals surface area contributed by atoms with E-state index >= 15 is 0 Å². The van der Waals surface area contributed by atoms with Gasteiger partial charge in [-0.25, -0.2) is 4.79 Å². The standard InChI is InChI=1S/C16H22F3NO5S/c1-15(2,3)24-14(21)20-11-5-4-6-12-7-9-13(10-8-12)25-26(22,23)16(17,18)19/h7-10H,4-6,11H2,1-3H3,(H,20,21). The molecule has 0 saturated heterocycles. The zero-order chi connectivity index (χ0) is 20.0. The molecule has 148 valence electrons. The van der Waals surface area contributed by atoms with Crippen molar-refractivity contribution in [2.75, 3.05) is 6.54 Å².